The maximum absolute atomic E-state index is 13.2. The Morgan fingerprint density at radius 2 is 2.10 bits per heavy atom. The zero-order chi connectivity index (χ0) is 20.2. The molecule has 0 unspecified atom stereocenters. The molecule has 29 heavy (non-hydrogen) atoms. The highest BCUT2D eigenvalue weighted by Crippen LogP contribution is 2.53. The predicted octanol–water partition coefficient (Wildman–Crippen LogP) is 2.44. The highest BCUT2D eigenvalue weighted by molar-refractivity contribution is 6.31. The Morgan fingerprint density at radius 3 is 2.86 bits per heavy atom. The van der Waals surface area contributed by atoms with Gasteiger partial charge in [-0.3, -0.25) is 4.79 Å². The monoisotopic (exact) mass is 421 g/mol. The molecule has 5 rings (SSSR count). The van der Waals surface area contributed by atoms with Crippen LogP contribution in [0.15, 0.2) is 18.2 Å². The minimum atomic E-state index is -0.305. The van der Waals surface area contributed by atoms with Gasteiger partial charge in [0.1, 0.15) is 12.4 Å². The number of benzene rings is 1. The molecule has 1 aromatic carbocycles. The first-order valence-electron chi connectivity index (χ1n) is 10.3. The van der Waals surface area contributed by atoms with Crippen molar-refractivity contribution in [2.24, 2.45) is 11.3 Å². The van der Waals surface area contributed by atoms with Crippen LogP contribution in [0.1, 0.15) is 24.8 Å². The van der Waals surface area contributed by atoms with Crippen molar-refractivity contribution in [3.05, 3.63) is 34.6 Å². The number of hydrogen-bond donors (Lipinski definition) is 1. The quantitative estimate of drug-likeness (QED) is 0.797. The summed E-state index contributed by atoms with van der Waals surface area (Å²) in [6.45, 7) is 2.91. The molecule has 1 spiro atoms. The van der Waals surface area contributed by atoms with E-state index in [-0.39, 0.29) is 41.9 Å². The standard InChI is InChI=1S/C21H25ClFN3O3/c22-16-6-15(23)2-1-14(16)5-13-7-21(8-13)11-26(12-21)20(28)25-4-3-18-17(9-25)24-19(27)10-29-18/h1-2,6,13,17-18H,3-5,7-12H2,(H,24,27)/t17-,18+/m1/s1. The van der Waals surface area contributed by atoms with Crippen LogP contribution in [0.4, 0.5) is 9.18 Å². The molecule has 8 heteroatoms. The smallest absolute Gasteiger partial charge is 0.320 e. The molecule has 0 radical (unpaired) electrons. The van der Waals surface area contributed by atoms with Gasteiger partial charge in [-0.15, -0.1) is 0 Å². The van der Waals surface area contributed by atoms with E-state index < -0.39 is 0 Å². The Balaban J connectivity index is 1.10. The van der Waals surface area contributed by atoms with Crippen LogP contribution in [-0.2, 0) is 16.0 Å². The van der Waals surface area contributed by atoms with E-state index in [1.54, 1.807) is 6.07 Å². The summed E-state index contributed by atoms with van der Waals surface area (Å²) >= 11 is 6.15. The topological polar surface area (TPSA) is 61.9 Å². The summed E-state index contributed by atoms with van der Waals surface area (Å²) < 4.78 is 18.8. The van der Waals surface area contributed by atoms with Crippen LogP contribution >= 0.6 is 11.6 Å². The number of rotatable bonds is 2. The Kier molecular flexibility index (Phi) is 4.70. The lowest BCUT2D eigenvalue weighted by Gasteiger charge is -2.60. The fourth-order valence-corrected chi connectivity index (χ4v) is 5.78. The summed E-state index contributed by atoms with van der Waals surface area (Å²) in [6, 6.07) is 4.58. The van der Waals surface area contributed by atoms with E-state index in [0.717, 1.165) is 44.3 Å². The van der Waals surface area contributed by atoms with Gasteiger partial charge in [0.2, 0.25) is 5.91 Å². The molecule has 1 N–H and O–H groups in total. The van der Waals surface area contributed by atoms with Gasteiger partial charge in [0.05, 0.1) is 12.1 Å². The number of halogens is 2. The average Bonchev–Trinajstić information content (AvgIpc) is 2.63. The Hall–Kier alpha value is -1.86. The summed E-state index contributed by atoms with van der Waals surface area (Å²) in [5.41, 5.74) is 1.24. The molecule has 3 heterocycles. The van der Waals surface area contributed by atoms with Gasteiger partial charge in [0, 0.05) is 36.6 Å². The molecule has 4 aliphatic rings. The molecule has 1 saturated carbocycles. The number of amides is 3. The lowest BCUT2D eigenvalue weighted by molar-refractivity contribution is -0.140. The number of morpholine rings is 1. The summed E-state index contributed by atoms with van der Waals surface area (Å²) in [5.74, 6) is 0.131. The molecule has 3 amide bonds. The van der Waals surface area contributed by atoms with Gasteiger partial charge < -0.3 is 19.9 Å². The SMILES string of the molecule is O=C1CO[C@H]2CCN(C(=O)N3CC4(CC(Cc5ccc(F)cc5Cl)C4)C3)C[C@H]2N1. The number of urea groups is 1. The molecule has 1 aliphatic carbocycles. The number of fused-ring (bicyclic) bond motifs is 1. The molecule has 1 aromatic rings. The molecule has 0 aromatic heterocycles. The number of nitrogens with zero attached hydrogens (tertiary/aromatic N) is 2. The normalized spacial score (nSPS) is 28.4. The van der Waals surface area contributed by atoms with Gasteiger partial charge in [-0.1, -0.05) is 17.7 Å². The summed E-state index contributed by atoms with van der Waals surface area (Å²) in [6.07, 6.45) is 3.81. The van der Waals surface area contributed by atoms with Gasteiger partial charge in [-0.2, -0.15) is 0 Å². The third-order valence-corrected chi connectivity index (χ3v) is 7.24. The highest BCUT2D eigenvalue weighted by atomic mass is 35.5. The first-order valence-corrected chi connectivity index (χ1v) is 10.7. The number of carbonyl (C=O) groups is 2. The molecule has 0 bridgehead atoms. The number of piperidine rings is 1. The van der Waals surface area contributed by atoms with Crippen molar-refractivity contribution in [1.82, 2.24) is 15.1 Å². The summed E-state index contributed by atoms with van der Waals surface area (Å²) in [4.78, 5) is 28.2. The number of ether oxygens (including phenoxy) is 1. The van der Waals surface area contributed by atoms with E-state index >= 15 is 0 Å². The molecular weight excluding hydrogens is 397 g/mol. The minimum Gasteiger partial charge on any atom is -0.366 e. The first kappa shape index (κ1) is 19.1. The van der Waals surface area contributed by atoms with Gasteiger partial charge >= 0.3 is 6.03 Å². The number of nitrogens with one attached hydrogen (secondary N) is 1. The van der Waals surface area contributed by atoms with Crippen molar-refractivity contribution in [3.8, 4) is 0 Å². The van der Waals surface area contributed by atoms with Crippen LogP contribution in [-0.4, -0.2) is 66.7 Å². The van der Waals surface area contributed by atoms with Gasteiger partial charge in [-0.05, 0) is 49.3 Å². The molecule has 2 atom stereocenters. The van der Waals surface area contributed by atoms with E-state index in [2.05, 4.69) is 5.32 Å². The molecule has 156 valence electrons. The zero-order valence-corrected chi connectivity index (χ0v) is 17.0. The van der Waals surface area contributed by atoms with Crippen LogP contribution < -0.4 is 5.32 Å². The van der Waals surface area contributed by atoms with Crippen molar-refractivity contribution >= 4 is 23.5 Å². The van der Waals surface area contributed by atoms with Crippen molar-refractivity contribution < 1.29 is 18.7 Å². The summed E-state index contributed by atoms with van der Waals surface area (Å²) in [7, 11) is 0. The highest BCUT2D eigenvalue weighted by Gasteiger charge is 2.54. The zero-order valence-electron chi connectivity index (χ0n) is 16.2. The first-order chi connectivity index (χ1) is 13.9. The minimum absolute atomic E-state index is 0.0187. The van der Waals surface area contributed by atoms with Crippen molar-refractivity contribution in [2.75, 3.05) is 32.8 Å². The van der Waals surface area contributed by atoms with Crippen molar-refractivity contribution in [3.63, 3.8) is 0 Å². The lowest BCUT2D eigenvalue weighted by Crippen LogP contribution is -2.68. The predicted molar refractivity (Wildman–Crippen MR) is 105 cm³/mol. The van der Waals surface area contributed by atoms with Crippen LogP contribution in [0, 0.1) is 17.2 Å². The fourth-order valence-electron chi connectivity index (χ4n) is 5.54. The van der Waals surface area contributed by atoms with E-state index in [4.69, 9.17) is 16.3 Å². The number of likely N-dealkylation sites (tertiary alicyclic amines) is 2. The molecule has 4 fully saturated rings. The lowest BCUT2D eigenvalue weighted by atomic mass is 9.56. The third-order valence-electron chi connectivity index (χ3n) is 6.88. The second kappa shape index (κ2) is 7.13. The van der Waals surface area contributed by atoms with Crippen LogP contribution in [0.3, 0.4) is 0 Å². The molecular formula is C21H25ClFN3O3. The van der Waals surface area contributed by atoms with Gasteiger partial charge in [-0.25, -0.2) is 9.18 Å². The fraction of sp³-hybridized carbons (Fsp3) is 0.619. The maximum atomic E-state index is 13.2. The van der Waals surface area contributed by atoms with Crippen molar-refractivity contribution in [1.29, 1.82) is 0 Å². The summed E-state index contributed by atoms with van der Waals surface area (Å²) in [5, 5.41) is 3.44. The van der Waals surface area contributed by atoms with E-state index in [1.165, 1.54) is 12.1 Å². The average molecular weight is 422 g/mol. The Morgan fingerprint density at radius 1 is 1.31 bits per heavy atom. The van der Waals surface area contributed by atoms with Crippen LogP contribution in [0.25, 0.3) is 0 Å². The second-order valence-corrected chi connectivity index (χ2v) is 9.52. The molecule has 3 aliphatic heterocycles. The van der Waals surface area contributed by atoms with Gasteiger partial charge in [0.15, 0.2) is 0 Å². The van der Waals surface area contributed by atoms with Crippen LogP contribution in [0.2, 0.25) is 5.02 Å². The van der Waals surface area contributed by atoms with Gasteiger partial charge in [0.25, 0.3) is 0 Å². The van der Waals surface area contributed by atoms with Crippen molar-refractivity contribution in [2.45, 2.75) is 37.8 Å². The largest absolute Gasteiger partial charge is 0.366 e. The second-order valence-electron chi connectivity index (χ2n) is 9.11. The van der Waals surface area contributed by atoms with E-state index in [9.17, 15) is 14.0 Å². The Labute approximate surface area is 174 Å². The van der Waals surface area contributed by atoms with E-state index in [0.29, 0.717) is 24.0 Å². The van der Waals surface area contributed by atoms with E-state index in [1.807, 2.05) is 9.80 Å². The van der Waals surface area contributed by atoms with Crippen LogP contribution in [0.5, 0.6) is 0 Å². The number of carbonyl (C=O) groups excluding carboxylic acids is 2. The molecule has 6 nitrogen and oxygen atoms in total. The maximum Gasteiger partial charge on any atom is 0.320 e. The molecule has 3 saturated heterocycles. The Bertz CT molecular complexity index is 836. The number of hydrogen-bond acceptors (Lipinski definition) is 3. The third kappa shape index (κ3) is 3.59.